The number of ether oxygens (including phenoxy) is 4. The highest BCUT2D eigenvalue weighted by Gasteiger charge is 2.15. The van der Waals surface area contributed by atoms with Crippen LogP contribution in [-0.4, -0.2) is 98.2 Å². The Bertz CT molecular complexity index is 1360. The first-order chi connectivity index (χ1) is 19.7. The van der Waals surface area contributed by atoms with Gasteiger partial charge in [0.2, 0.25) is 10.2 Å². The number of carbonyl (C=O) groups excluding carboxylic acids is 1. The molecule has 0 aliphatic heterocycles. The van der Waals surface area contributed by atoms with E-state index in [9.17, 15) is 18.0 Å². The zero-order valence-electron chi connectivity index (χ0n) is 22.2. The first kappa shape index (κ1) is 32.1. The molecule has 0 radical (unpaired) electrons. The summed E-state index contributed by atoms with van der Waals surface area (Å²) in [6.45, 7) is 3.54. The zero-order valence-corrected chi connectivity index (χ0v) is 23.8. The van der Waals surface area contributed by atoms with Crippen LogP contribution < -0.4 is 20.5 Å². The van der Waals surface area contributed by atoms with Gasteiger partial charge in [-0.3, -0.25) is 4.79 Å². The number of nitrogens with two attached hydrogens (primary N) is 1. The van der Waals surface area contributed by atoms with Crippen LogP contribution in [0.3, 0.4) is 0 Å². The van der Waals surface area contributed by atoms with Crippen LogP contribution in [0.5, 0.6) is 5.75 Å². The Morgan fingerprint density at radius 2 is 1.66 bits per heavy atom. The molecule has 0 unspecified atom stereocenters. The van der Waals surface area contributed by atoms with Gasteiger partial charge < -0.3 is 34.7 Å². The predicted molar refractivity (Wildman–Crippen MR) is 146 cm³/mol. The summed E-state index contributed by atoms with van der Waals surface area (Å²) in [7, 11) is -3.87. The monoisotopic (exact) mass is 615 g/mol. The van der Waals surface area contributed by atoms with Gasteiger partial charge in [0.25, 0.3) is 10.0 Å². The summed E-state index contributed by atoms with van der Waals surface area (Å²) in [5.74, 6) is 0.280. The number of benzene rings is 1. The van der Waals surface area contributed by atoms with Crippen LogP contribution in [0.4, 0.5) is 4.79 Å². The molecule has 0 saturated heterocycles. The van der Waals surface area contributed by atoms with Crippen LogP contribution >= 0.6 is 11.3 Å². The van der Waals surface area contributed by atoms with Crippen molar-refractivity contribution in [3.8, 4) is 5.75 Å². The van der Waals surface area contributed by atoms with Gasteiger partial charge in [0.15, 0.2) is 0 Å². The molecule has 0 atom stereocenters. The van der Waals surface area contributed by atoms with Gasteiger partial charge in [0.1, 0.15) is 24.6 Å². The highest BCUT2D eigenvalue weighted by atomic mass is 32.2. The molecule has 0 fully saturated rings. The quantitative estimate of drug-likeness (QED) is 0.126. The number of thiazole rings is 1. The van der Waals surface area contributed by atoms with Gasteiger partial charge in [-0.1, -0.05) is 5.21 Å². The normalized spacial score (nSPS) is 11.5. The number of fused-ring (bicyclic) bond motifs is 1. The minimum atomic E-state index is -3.87. The number of amides is 2. The van der Waals surface area contributed by atoms with Gasteiger partial charge in [0.05, 0.1) is 42.8 Å². The Labute approximate surface area is 240 Å². The second-order valence-corrected chi connectivity index (χ2v) is 11.2. The molecule has 16 nitrogen and oxygen atoms in total. The lowest BCUT2D eigenvalue weighted by Gasteiger charge is -2.08. The lowest BCUT2D eigenvalue weighted by molar-refractivity contribution is -0.121. The number of nitrogens with zero attached hydrogens (tertiary/aromatic N) is 4. The molecule has 5 N–H and O–H groups in total. The van der Waals surface area contributed by atoms with E-state index in [2.05, 4.69) is 25.9 Å². The van der Waals surface area contributed by atoms with Crippen molar-refractivity contribution in [1.82, 2.24) is 30.6 Å². The molecule has 0 aliphatic rings. The third-order valence-electron chi connectivity index (χ3n) is 5.14. The lowest BCUT2D eigenvalue weighted by atomic mass is 10.3. The number of carboxylic acid groups (broad SMARTS) is 1. The summed E-state index contributed by atoms with van der Waals surface area (Å²) in [5, 5.41) is 26.6. The van der Waals surface area contributed by atoms with E-state index in [0.29, 0.717) is 87.2 Å². The van der Waals surface area contributed by atoms with Crippen molar-refractivity contribution < 1.29 is 42.1 Å². The molecular formula is C23H33N7O9S2. The Morgan fingerprint density at radius 3 is 2.32 bits per heavy atom. The van der Waals surface area contributed by atoms with Gasteiger partial charge in [-0.15, -0.1) is 16.4 Å². The third-order valence-corrected chi connectivity index (χ3v) is 7.47. The SMILES string of the molecule is NS(=O)(=O)c1nc2ccc(OCc3cn(CC(=O)NCCCOCCOCCOCCCNC(=O)O)nn3)cc2s1. The molecule has 0 aliphatic carbocycles. The van der Waals surface area contributed by atoms with E-state index in [1.807, 2.05) is 0 Å². The van der Waals surface area contributed by atoms with Crippen LogP contribution in [0.15, 0.2) is 28.7 Å². The molecule has 1 aromatic carbocycles. The molecule has 2 amide bonds. The Hall–Kier alpha value is -3.42. The Kier molecular flexibility index (Phi) is 13.1. The fourth-order valence-corrected chi connectivity index (χ4v) is 4.94. The van der Waals surface area contributed by atoms with E-state index in [1.165, 1.54) is 4.68 Å². The van der Waals surface area contributed by atoms with Crippen LogP contribution in [0.2, 0.25) is 0 Å². The molecule has 3 rings (SSSR count). The van der Waals surface area contributed by atoms with Gasteiger partial charge >= 0.3 is 6.09 Å². The van der Waals surface area contributed by atoms with E-state index >= 15 is 0 Å². The highest BCUT2D eigenvalue weighted by Crippen LogP contribution is 2.28. The average molecular weight is 616 g/mol. The number of primary sulfonamides is 1. The molecule has 2 heterocycles. The molecule has 41 heavy (non-hydrogen) atoms. The number of sulfonamides is 1. The summed E-state index contributed by atoms with van der Waals surface area (Å²) < 4.78 is 46.7. The number of rotatable bonds is 20. The van der Waals surface area contributed by atoms with Gasteiger partial charge in [-0.2, -0.15) is 0 Å². The maximum Gasteiger partial charge on any atom is 0.404 e. The van der Waals surface area contributed by atoms with E-state index in [-0.39, 0.29) is 23.4 Å². The van der Waals surface area contributed by atoms with Crippen LogP contribution in [-0.2, 0) is 42.2 Å². The molecule has 226 valence electrons. The molecule has 18 heteroatoms. The maximum absolute atomic E-state index is 12.2. The average Bonchev–Trinajstić information content (AvgIpc) is 3.56. The fourth-order valence-electron chi connectivity index (χ4n) is 3.25. The second-order valence-electron chi connectivity index (χ2n) is 8.48. The molecular weight excluding hydrogens is 582 g/mol. The van der Waals surface area contributed by atoms with Crippen molar-refractivity contribution in [2.75, 3.05) is 52.7 Å². The smallest absolute Gasteiger partial charge is 0.404 e. The molecule has 0 saturated carbocycles. The summed E-state index contributed by atoms with van der Waals surface area (Å²) in [6, 6.07) is 4.97. The van der Waals surface area contributed by atoms with Gasteiger partial charge in [-0.05, 0) is 31.0 Å². The number of hydrogen-bond donors (Lipinski definition) is 4. The van der Waals surface area contributed by atoms with Crippen molar-refractivity contribution in [1.29, 1.82) is 0 Å². The lowest BCUT2D eigenvalue weighted by Crippen LogP contribution is -2.29. The zero-order chi connectivity index (χ0) is 29.5. The minimum Gasteiger partial charge on any atom is -0.487 e. The Balaban J connectivity index is 1.20. The highest BCUT2D eigenvalue weighted by molar-refractivity contribution is 7.91. The number of carbonyl (C=O) groups is 2. The summed E-state index contributed by atoms with van der Waals surface area (Å²) in [5.41, 5.74) is 1.02. The standard InChI is InChI=1S/C23H33N7O9S2/c24-41(34,35)23-27-19-4-3-18(13-20(19)40-23)39-16-17-14-30(29-28-17)15-21(31)25-5-1-7-36-9-11-38-12-10-37-8-2-6-26-22(32)33/h3-4,13-14,26H,1-2,5-12,15-16H2,(H,25,31)(H,32,33)(H2,24,34,35). The first-order valence-electron chi connectivity index (χ1n) is 12.6. The molecule has 0 bridgehead atoms. The third kappa shape index (κ3) is 12.3. The van der Waals surface area contributed by atoms with Crippen molar-refractivity contribution in [3.63, 3.8) is 0 Å². The van der Waals surface area contributed by atoms with E-state index in [4.69, 9.17) is 29.2 Å². The molecule has 3 aromatic rings. The summed E-state index contributed by atoms with van der Waals surface area (Å²) in [4.78, 5) is 26.4. The largest absolute Gasteiger partial charge is 0.487 e. The van der Waals surface area contributed by atoms with Crippen molar-refractivity contribution >= 4 is 43.6 Å². The summed E-state index contributed by atoms with van der Waals surface area (Å²) >= 11 is 0.957. The van der Waals surface area contributed by atoms with Crippen molar-refractivity contribution in [2.45, 2.75) is 30.3 Å². The topological polar surface area (TPSA) is 219 Å². The number of aromatic nitrogens is 4. The van der Waals surface area contributed by atoms with Gasteiger partial charge in [-0.25, -0.2) is 28.0 Å². The first-order valence-corrected chi connectivity index (χ1v) is 15.0. The Morgan fingerprint density at radius 1 is 1.00 bits per heavy atom. The van der Waals surface area contributed by atoms with Crippen LogP contribution in [0.1, 0.15) is 18.5 Å². The maximum atomic E-state index is 12.2. The van der Waals surface area contributed by atoms with Gasteiger partial charge in [0, 0.05) is 26.3 Å². The van der Waals surface area contributed by atoms with E-state index in [1.54, 1.807) is 24.4 Å². The van der Waals surface area contributed by atoms with E-state index in [0.717, 1.165) is 11.3 Å². The molecule has 0 spiro atoms. The van der Waals surface area contributed by atoms with E-state index < -0.39 is 16.1 Å². The minimum absolute atomic E-state index is 0.00298. The van der Waals surface area contributed by atoms with Crippen LogP contribution in [0, 0.1) is 0 Å². The van der Waals surface area contributed by atoms with Crippen molar-refractivity contribution in [2.24, 2.45) is 5.14 Å². The fraction of sp³-hybridized carbons (Fsp3) is 0.522. The van der Waals surface area contributed by atoms with Crippen LogP contribution in [0.25, 0.3) is 10.2 Å². The van der Waals surface area contributed by atoms with Crippen molar-refractivity contribution in [3.05, 3.63) is 30.1 Å². The second kappa shape index (κ2) is 16.7. The number of nitrogens with one attached hydrogen (secondary N) is 2. The summed E-state index contributed by atoms with van der Waals surface area (Å²) in [6.07, 6.45) is 1.80. The molecule has 2 aromatic heterocycles. The number of hydrogen-bond acceptors (Lipinski definition) is 12. The predicted octanol–water partition coefficient (Wildman–Crippen LogP) is 0.328.